The van der Waals surface area contributed by atoms with Crippen molar-refractivity contribution >= 4 is 16.7 Å². The number of hydrogen-bond acceptors (Lipinski definition) is 4. The molecule has 2 aromatic carbocycles. The molecule has 6 heteroatoms. The van der Waals surface area contributed by atoms with Gasteiger partial charge in [-0.05, 0) is 37.6 Å². The maximum Gasteiger partial charge on any atom is 0.275 e. The number of fused-ring (bicyclic) bond motifs is 1. The molecule has 1 amide bonds. The quantitative estimate of drug-likeness (QED) is 0.691. The van der Waals surface area contributed by atoms with Crippen LogP contribution in [0.5, 0.6) is 5.75 Å². The number of nitrogens with one attached hydrogen (secondary N) is 1. The van der Waals surface area contributed by atoms with Crippen molar-refractivity contribution in [3.8, 4) is 5.75 Å². The van der Waals surface area contributed by atoms with Crippen LogP contribution in [0.25, 0.3) is 10.8 Å². The van der Waals surface area contributed by atoms with E-state index in [-0.39, 0.29) is 18.0 Å². The van der Waals surface area contributed by atoms with E-state index in [1.807, 2.05) is 50.2 Å². The van der Waals surface area contributed by atoms with Gasteiger partial charge in [0.1, 0.15) is 18.9 Å². The third kappa shape index (κ3) is 4.08. The largest absolute Gasteiger partial charge is 0.492 e. The molecule has 0 aliphatic rings. The summed E-state index contributed by atoms with van der Waals surface area (Å²) < 4.78 is 6.79. The molecule has 134 valence electrons. The number of carbonyl (C=O) groups is 1. The lowest BCUT2D eigenvalue weighted by Gasteiger charge is -2.10. The van der Waals surface area contributed by atoms with Gasteiger partial charge in [0.05, 0.1) is 17.6 Å². The summed E-state index contributed by atoms with van der Waals surface area (Å²) in [5, 5.41) is 8.36. The minimum absolute atomic E-state index is 0.116. The Morgan fingerprint density at radius 2 is 1.88 bits per heavy atom. The molecule has 26 heavy (non-hydrogen) atoms. The van der Waals surface area contributed by atoms with Gasteiger partial charge in [-0.15, -0.1) is 0 Å². The first-order valence-electron chi connectivity index (χ1n) is 8.47. The van der Waals surface area contributed by atoms with Crippen LogP contribution >= 0.6 is 0 Å². The minimum atomic E-state index is -0.276. The average molecular weight is 351 g/mol. The molecule has 1 N–H and O–H groups in total. The number of nitrogens with zero attached hydrogens (tertiary/aromatic N) is 2. The molecule has 0 spiro atoms. The van der Waals surface area contributed by atoms with Crippen LogP contribution in [0.2, 0.25) is 0 Å². The third-order valence-corrected chi connectivity index (χ3v) is 4.03. The van der Waals surface area contributed by atoms with E-state index in [1.54, 1.807) is 12.1 Å². The maximum atomic E-state index is 12.5. The number of ether oxygens (including phenoxy) is 1. The fraction of sp³-hybridized carbons (Fsp3) is 0.250. The number of aryl methyl sites for hydroxylation is 2. The first-order valence-corrected chi connectivity index (χ1v) is 8.47. The monoisotopic (exact) mass is 351 g/mol. The first kappa shape index (κ1) is 17.7. The van der Waals surface area contributed by atoms with Gasteiger partial charge in [0.15, 0.2) is 0 Å². The predicted molar refractivity (Wildman–Crippen MR) is 100 cm³/mol. The predicted octanol–water partition coefficient (Wildman–Crippen LogP) is 2.21. The number of aromatic nitrogens is 2. The van der Waals surface area contributed by atoms with Crippen LogP contribution in [0.1, 0.15) is 11.3 Å². The second-order valence-electron chi connectivity index (χ2n) is 6.11. The zero-order valence-corrected chi connectivity index (χ0v) is 14.9. The van der Waals surface area contributed by atoms with Crippen molar-refractivity contribution in [1.29, 1.82) is 0 Å². The molecule has 1 aromatic heterocycles. The van der Waals surface area contributed by atoms with Crippen LogP contribution in [-0.2, 0) is 11.3 Å². The molecular weight excluding hydrogens is 330 g/mol. The van der Waals surface area contributed by atoms with Crippen molar-refractivity contribution in [2.24, 2.45) is 0 Å². The van der Waals surface area contributed by atoms with E-state index >= 15 is 0 Å². The van der Waals surface area contributed by atoms with Crippen molar-refractivity contribution < 1.29 is 9.53 Å². The summed E-state index contributed by atoms with van der Waals surface area (Å²) in [6.45, 7) is 4.41. The molecule has 0 atom stereocenters. The van der Waals surface area contributed by atoms with Crippen molar-refractivity contribution in [3.63, 3.8) is 0 Å². The van der Waals surface area contributed by atoms with Gasteiger partial charge in [0.25, 0.3) is 5.56 Å². The lowest BCUT2D eigenvalue weighted by atomic mass is 10.1. The van der Waals surface area contributed by atoms with Gasteiger partial charge >= 0.3 is 0 Å². The SMILES string of the molecule is Cc1cccc(OCCNC(=O)Cn2nc(C)c3ccccc3c2=O)c1. The Morgan fingerprint density at radius 3 is 2.65 bits per heavy atom. The Kier molecular flexibility index (Phi) is 5.31. The number of amides is 1. The molecule has 0 aliphatic carbocycles. The molecule has 0 radical (unpaired) electrons. The normalized spacial score (nSPS) is 10.7. The molecule has 0 unspecified atom stereocenters. The van der Waals surface area contributed by atoms with Crippen molar-refractivity contribution in [2.45, 2.75) is 20.4 Å². The van der Waals surface area contributed by atoms with Gasteiger partial charge in [-0.2, -0.15) is 5.10 Å². The molecule has 0 aliphatic heterocycles. The second kappa shape index (κ2) is 7.82. The molecule has 3 rings (SSSR count). The Labute approximate surface area is 151 Å². The van der Waals surface area contributed by atoms with Gasteiger partial charge < -0.3 is 10.1 Å². The van der Waals surface area contributed by atoms with Crippen LogP contribution in [-0.4, -0.2) is 28.8 Å². The molecule has 0 saturated carbocycles. The van der Waals surface area contributed by atoms with Gasteiger partial charge in [-0.1, -0.05) is 30.3 Å². The Balaban J connectivity index is 1.57. The highest BCUT2D eigenvalue weighted by molar-refractivity contribution is 5.83. The first-order chi connectivity index (χ1) is 12.5. The summed E-state index contributed by atoms with van der Waals surface area (Å²) in [5.41, 5.74) is 1.57. The van der Waals surface area contributed by atoms with Crippen molar-refractivity contribution in [2.75, 3.05) is 13.2 Å². The topological polar surface area (TPSA) is 73.2 Å². The van der Waals surface area contributed by atoms with Crippen molar-refractivity contribution in [1.82, 2.24) is 15.1 Å². The fourth-order valence-corrected chi connectivity index (χ4v) is 2.77. The molecule has 3 aromatic rings. The van der Waals surface area contributed by atoms with Crippen LogP contribution in [0.4, 0.5) is 0 Å². The molecule has 0 bridgehead atoms. The number of rotatable bonds is 6. The number of benzene rings is 2. The van der Waals surface area contributed by atoms with Gasteiger partial charge in [0, 0.05) is 5.39 Å². The smallest absolute Gasteiger partial charge is 0.275 e. The van der Waals surface area contributed by atoms with Crippen molar-refractivity contribution in [3.05, 3.63) is 70.1 Å². The van der Waals surface area contributed by atoms with E-state index in [4.69, 9.17) is 4.74 Å². The Hall–Kier alpha value is -3.15. The third-order valence-electron chi connectivity index (χ3n) is 4.03. The van der Waals surface area contributed by atoms with E-state index in [9.17, 15) is 9.59 Å². The van der Waals surface area contributed by atoms with E-state index in [0.717, 1.165) is 22.4 Å². The van der Waals surface area contributed by atoms with Crippen LogP contribution in [0.15, 0.2) is 53.3 Å². The van der Waals surface area contributed by atoms with E-state index in [2.05, 4.69) is 10.4 Å². The van der Waals surface area contributed by atoms with Crippen LogP contribution in [0, 0.1) is 13.8 Å². The summed E-state index contributed by atoms with van der Waals surface area (Å²) in [6, 6.07) is 15.0. The molecule has 0 fully saturated rings. The molecule has 1 heterocycles. The second-order valence-corrected chi connectivity index (χ2v) is 6.11. The van der Waals surface area contributed by atoms with Gasteiger partial charge in [0.2, 0.25) is 5.91 Å². The summed E-state index contributed by atoms with van der Waals surface area (Å²) >= 11 is 0. The summed E-state index contributed by atoms with van der Waals surface area (Å²) in [6.07, 6.45) is 0. The minimum Gasteiger partial charge on any atom is -0.492 e. The highest BCUT2D eigenvalue weighted by atomic mass is 16.5. The van der Waals surface area contributed by atoms with Gasteiger partial charge in [-0.25, -0.2) is 4.68 Å². The molecule has 0 saturated heterocycles. The van der Waals surface area contributed by atoms with E-state index in [0.29, 0.717) is 18.5 Å². The maximum absolute atomic E-state index is 12.5. The summed E-state index contributed by atoms with van der Waals surface area (Å²) in [5.74, 6) is 0.490. The zero-order chi connectivity index (χ0) is 18.5. The number of hydrogen-bond donors (Lipinski definition) is 1. The standard InChI is InChI=1S/C20H21N3O3/c1-14-6-5-7-16(12-14)26-11-10-21-19(24)13-23-20(25)18-9-4-3-8-17(18)15(2)22-23/h3-9,12H,10-11,13H2,1-2H3,(H,21,24). The van der Waals surface area contributed by atoms with E-state index in [1.165, 1.54) is 4.68 Å². The lowest BCUT2D eigenvalue weighted by Crippen LogP contribution is -2.35. The van der Waals surface area contributed by atoms with Crippen LogP contribution < -0.4 is 15.6 Å². The lowest BCUT2D eigenvalue weighted by molar-refractivity contribution is -0.122. The molecular formula is C20H21N3O3. The highest BCUT2D eigenvalue weighted by Gasteiger charge is 2.10. The van der Waals surface area contributed by atoms with E-state index < -0.39 is 0 Å². The van der Waals surface area contributed by atoms with Gasteiger partial charge in [-0.3, -0.25) is 9.59 Å². The van der Waals surface area contributed by atoms with Crippen LogP contribution in [0.3, 0.4) is 0 Å². The average Bonchev–Trinajstić information content (AvgIpc) is 2.63. The Morgan fingerprint density at radius 1 is 1.12 bits per heavy atom. The summed E-state index contributed by atoms with van der Waals surface area (Å²) in [4.78, 5) is 24.6. The summed E-state index contributed by atoms with van der Waals surface area (Å²) in [7, 11) is 0. The Bertz CT molecular complexity index is 995. The fourth-order valence-electron chi connectivity index (χ4n) is 2.77. The highest BCUT2D eigenvalue weighted by Crippen LogP contribution is 2.12. The number of carbonyl (C=O) groups excluding carboxylic acids is 1. The zero-order valence-electron chi connectivity index (χ0n) is 14.9. The molecule has 6 nitrogen and oxygen atoms in total.